The largest absolute Gasteiger partial charge is 0.488 e. The van der Waals surface area contributed by atoms with Crippen molar-refractivity contribution in [3.63, 3.8) is 0 Å². The molecule has 6 atom stereocenters. The van der Waals surface area contributed by atoms with Gasteiger partial charge < -0.3 is 44.6 Å². The first-order chi connectivity index (χ1) is 31.6. The average molecular weight is 881 g/mol. The molecule has 338 valence electrons. The van der Waals surface area contributed by atoms with Crippen LogP contribution in [0.4, 0.5) is 9.59 Å². The monoisotopic (exact) mass is 880 g/mol. The number of amides is 4. The van der Waals surface area contributed by atoms with E-state index in [-0.39, 0.29) is 35.7 Å². The van der Waals surface area contributed by atoms with Crippen LogP contribution in [0.5, 0.6) is 5.75 Å². The van der Waals surface area contributed by atoms with E-state index in [4.69, 9.17) is 24.2 Å². The summed E-state index contributed by atoms with van der Waals surface area (Å²) in [6.07, 6.45) is 5.57. The lowest BCUT2D eigenvalue weighted by Crippen LogP contribution is -2.51. The molecule has 15 nitrogen and oxygen atoms in total. The van der Waals surface area contributed by atoms with Crippen LogP contribution in [0.1, 0.15) is 100 Å². The number of ether oxygens (including phenoxy) is 3. The molecule has 65 heavy (non-hydrogen) atoms. The van der Waals surface area contributed by atoms with E-state index >= 15 is 0 Å². The fraction of sp³-hybridized carbons (Fsp3) is 0.400. The zero-order chi connectivity index (χ0) is 45.4. The number of fused-ring (bicyclic) bond motifs is 6. The van der Waals surface area contributed by atoms with Gasteiger partial charge in [0.05, 0.1) is 49.2 Å². The number of benzene rings is 4. The quantitative estimate of drug-likeness (QED) is 0.0933. The number of methoxy groups -OCH3 is 2. The Morgan fingerprint density at radius 1 is 0.877 bits per heavy atom. The highest BCUT2D eigenvalue weighted by Crippen LogP contribution is 2.44. The third kappa shape index (κ3) is 8.35. The normalized spacial score (nSPS) is 19.2. The number of alkyl carbamates (subject to hydrolysis) is 2. The minimum absolute atomic E-state index is 0.0699. The number of imidazole rings is 2. The maximum Gasteiger partial charge on any atom is 0.407 e. The van der Waals surface area contributed by atoms with Crippen LogP contribution >= 0.6 is 0 Å². The molecule has 9 rings (SSSR count). The Labute approximate surface area is 377 Å². The number of aromatic amines is 2. The van der Waals surface area contributed by atoms with Crippen molar-refractivity contribution in [3.05, 3.63) is 102 Å². The Morgan fingerprint density at radius 3 is 2.45 bits per heavy atom. The van der Waals surface area contributed by atoms with Crippen molar-refractivity contribution in [1.82, 2.24) is 40.4 Å². The zero-order valence-electron chi connectivity index (χ0n) is 37.5. The molecule has 0 bridgehead atoms. The van der Waals surface area contributed by atoms with Gasteiger partial charge in [0.15, 0.2) is 0 Å². The van der Waals surface area contributed by atoms with Gasteiger partial charge in [-0.2, -0.15) is 0 Å². The van der Waals surface area contributed by atoms with E-state index in [2.05, 4.69) is 63.9 Å². The van der Waals surface area contributed by atoms with Gasteiger partial charge >= 0.3 is 12.2 Å². The number of aromatic nitrogens is 4. The molecule has 3 aliphatic rings. The number of nitrogens with one attached hydrogen (secondary N) is 4. The molecule has 0 aliphatic carbocycles. The van der Waals surface area contributed by atoms with Gasteiger partial charge in [0.25, 0.3) is 5.91 Å². The molecule has 2 saturated heterocycles. The maximum absolute atomic E-state index is 14.5. The lowest BCUT2D eigenvalue weighted by atomic mass is 9.92. The third-order valence-electron chi connectivity index (χ3n) is 13.6. The van der Waals surface area contributed by atoms with Crippen LogP contribution in [0.25, 0.3) is 44.2 Å². The van der Waals surface area contributed by atoms with E-state index in [9.17, 15) is 19.2 Å². The highest BCUT2D eigenvalue weighted by molar-refractivity contribution is 6.07. The average Bonchev–Trinajstić information content (AvgIpc) is 4.18. The number of hydrogen-bond donors (Lipinski definition) is 4. The minimum atomic E-state index is -0.914. The second-order valence-electron chi connectivity index (χ2n) is 17.6. The second kappa shape index (κ2) is 18.3. The van der Waals surface area contributed by atoms with Crippen molar-refractivity contribution in [2.45, 2.75) is 90.1 Å². The Hall–Kier alpha value is -6.90. The number of likely N-dealkylation sites (tertiary alicyclic amines) is 2. The third-order valence-corrected chi connectivity index (χ3v) is 13.6. The van der Waals surface area contributed by atoms with E-state index in [1.54, 1.807) is 0 Å². The second-order valence-corrected chi connectivity index (χ2v) is 17.6. The Balaban J connectivity index is 0.974. The smallest absolute Gasteiger partial charge is 0.407 e. The van der Waals surface area contributed by atoms with Crippen molar-refractivity contribution in [3.8, 4) is 28.1 Å². The molecular formula is C50H56N8O7. The predicted octanol–water partition coefficient (Wildman–Crippen LogP) is 8.89. The van der Waals surface area contributed by atoms with Crippen molar-refractivity contribution < 1.29 is 33.4 Å². The molecule has 4 amide bonds. The lowest BCUT2D eigenvalue weighted by molar-refractivity contribution is -0.136. The summed E-state index contributed by atoms with van der Waals surface area (Å²) in [7, 11) is 2.59. The van der Waals surface area contributed by atoms with E-state index in [1.807, 2.05) is 66.2 Å². The summed E-state index contributed by atoms with van der Waals surface area (Å²) in [5.41, 5.74) is 7.26. The minimum Gasteiger partial charge on any atom is -0.488 e. The van der Waals surface area contributed by atoms with Gasteiger partial charge in [0, 0.05) is 24.0 Å². The van der Waals surface area contributed by atoms with Crippen molar-refractivity contribution in [2.24, 2.45) is 11.8 Å². The van der Waals surface area contributed by atoms with Crippen molar-refractivity contribution in [1.29, 1.82) is 0 Å². The Kier molecular flexibility index (Phi) is 12.2. The molecule has 2 aromatic heterocycles. The summed E-state index contributed by atoms with van der Waals surface area (Å²) < 4.78 is 16.2. The highest BCUT2D eigenvalue weighted by atomic mass is 16.5. The molecule has 0 saturated carbocycles. The Bertz CT molecular complexity index is 2750. The predicted molar refractivity (Wildman–Crippen MR) is 246 cm³/mol. The number of nitrogens with zero attached hydrogens (tertiary/aromatic N) is 4. The number of rotatable bonds is 12. The van der Waals surface area contributed by atoms with Gasteiger partial charge in [-0.3, -0.25) is 9.59 Å². The topological polar surface area (TPSA) is 184 Å². The summed E-state index contributed by atoms with van der Waals surface area (Å²) in [5.74, 6) is 2.07. The fourth-order valence-corrected chi connectivity index (χ4v) is 9.97. The molecule has 5 heterocycles. The molecule has 0 spiro atoms. The number of carbonyl (C=O) groups excluding carboxylic acids is 4. The standard InChI is InChI=1S/C50H56N8O7/c1-6-12-29-21-40(58(26-29)48(60)43(56-50(62)64-5)30-13-9-8-10-14-30)46-52-37-19-17-31-23-36-34-18-16-32(22-33(34)27-65-41(36)24-35(31)44(37)54-46)38-25-51-45(53-38)39-15-11-20-57(39)47(59)42(28(3)7-2)55-49(61)63-4/h8-10,13-14,16-19,22-25,28-29,39-40,42-43H,6-7,11-12,15,20-21,26-27H2,1-5H3,(H,51,53)(H,52,54)(H,55,61)(H,56,62)/t28-,29-,39-,40-,42-,43+/m0/s1. The van der Waals surface area contributed by atoms with Gasteiger partial charge in [-0.05, 0) is 89.4 Å². The van der Waals surface area contributed by atoms with Gasteiger partial charge in [-0.1, -0.05) is 82.1 Å². The van der Waals surface area contributed by atoms with E-state index in [0.29, 0.717) is 36.9 Å². The van der Waals surface area contributed by atoms with Crippen LogP contribution in [0.15, 0.2) is 79.0 Å². The molecule has 0 radical (unpaired) electrons. The molecule has 2 fully saturated rings. The van der Waals surface area contributed by atoms with Crippen LogP contribution in [-0.4, -0.2) is 87.1 Å². The van der Waals surface area contributed by atoms with Gasteiger partial charge in [-0.25, -0.2) is 19.6 Å². The zero-order valence-corrected chi connectivity index (χ0v) is 37.5. The van der Waals surface area contributed by atoms with Crippen LogP contribution in [0.2, 0.25) is 0 Å². The first-order valence-electron chi connectivity index (χ1n) is 22.7. The summed E-state index contributed by atoms with van der Waals surface area (Å²) in [6, 6.07) is 21.8. The van der Waals surface area contributed by atoms with Crippen LogP contribution in [0.3, 0.4) is 0 Å². The molecule has 4 aromatic carbocycles. The summed E-state index contributed by atoms with van der Waals surface area (Å²) in [4.78, 5) is 73.7. The van der Waals surface area contributed by atoms with Crippen LogP contribution in [0, 0.1) is 11.8 Å². The number of hydrogen-bond acceptors (Lipinski definition) is 9. The van der Waals surface area contributed by atoms with E-state index in [1.165, 1.54) is 14.2 Å². The van der Waals surface area contributed by atoms with Gasteiger partial charge in [0.1, 0.15) is 36.1 Å². The van der Waals surface area contributed by atoms with Crippen molar-refractivity contribution >= 4 is 45.8 Å². The SMILES string of the molecule is CCC[C@H]1C[C@@H](c2nc3ccc4cc5c(cc4c3[nH]2)OCc2cc(-c3cnc([C@@H]4CCCN4C(=O)[C@@H](NC(=O)OC)[C@@H](C)CC)[nH]3)ccc2-5)N(C(=O)[C@H](NC(=O)OC)c2ccccc2)C1. The van der Waals surface area contributed by atoms with Crippen LogP contribution in [-0.2, 0) is 25.7 Å². The Morgan fingerprint density at radius 2 is 1.68 bits per heavy atom. The van der Waals surface area contributed by atoms with Gasteiger partial charge in [0.2, 0.25) is 5.91 Å². The maximum atomic E-state index is 14.5. The molecule has 4 N–H and O–H groups in total. The van der Waals surface area contributed by atoms with E-state index < -0.39 is 24.3 Å². The van der Waals surface area contributed by atoms with Gasteiger partial charge in [-0.15, -0.1) is 0 Å². The summed E-state index contributed by atoms with van der Waals surface area (Å²) in [5, 5.41) is 7.53. The highest BCUT2D eigenvalue weighted by Gasteiger charge is 2.42. The van der Waals surface area contributed by atoms with E-state index in [0.717, 1.165) is 94.0 Å². The molecular weight excluding hydrogens is 825 g/mol. The molecule has 15 heteroatoms. The molecule has 3 aliphatic heterocycles. The first kappa shape index (κ1) is 43.4. The fourth-order valence-electron chi connectivity index (χ4n) is 9.97. The van der Waals surface area contributed by atoms with Crippen LogP contribution < -0.4 is 15.4 Å². The van der Waals surface area contributed by atoms with Crippen molar-refractivity contribution in [2.75, 3.05) is 27.3 Å². The molecule has 6 aromatic rings. The summed E-state index contributed by atoms with van der Waals surface area (Å²) in [6.45, 7) is 7.63. The summed E-state index contributed by atoms with van der Waals surface area (Å²) >= 11 is 0. The molecule has 0 unspecified atom stereocenters. The number of H-pyrrole nitrogens is 2. The number of carbonyl (C=O) groups is 4. The first-order valence-corrected chi connectivity index (χ1v) is 22.7. The lowest BCUT2D eigenvalue weighted by Gasteiger charge is -2.30.